The summed E-state index contributed by atoms with van der Waals surface area (Å²) in [5.74, 6) is -5.59. The summed E-state index contributed by atoms with van der Waals surface area (Å²) in [6.07, 6.45) is 3.33. The van der Waals surface area contributed by atoms with Gasteiger partial charge in [0.2, 0.25) is 0 Å². The molecule has 1 heterocycles. The summed E-state index contributed by atoms with van der Waals surface area (Å²) in [7, 11) is 0. The molecule has 0 saturated carbocycles. The Kier molecular flexibility index (Phi) is 6.43. The van der Waals surface area contributed by atoms with Crippen molar-refractivity contribution in [1.29, 1.82) is 0 Å². The molecule has 1 unspecified atom stereocenters. The number of nitrogens with zero attached hydrogens (tertiary/aromatic N) is 1. The lowest BCUT2D eigenvalue weighted by atomic mass is 9.84. The van der Waals surface area contributed by atoms with Gasteiger partial charge in [-0.25, -0.2) is 8.78 Å². The number of hydrogen-bond acceptors (Lipinski definition) is 3. The molecule has 8 heteroatoms. The van der Waals surface area contributed by atoms with Crippen LogP contribution in [0.4, 0.5) is 8.78 Å². The molecule has 0 aromatic heterocycles. The zero-order valence-electron chi connectivity index (χ0n) is 12.1. The molecule has 2 atom stereocenters. The minimum absolute atomic E-state index is 0.0570. The molecule has 22 heavy (non-hydrogen) atoms. The van der Waals surface area contributed by atoms with E-state index < -0.39 is 34.6 Å². The van der Waals surface area contributed by atoms with E-state index in [1.165, 1.54) is 19.1 Å². The molecule has 0 spiro atoms. The third kappa shape index (κ3) is 4.01. The summed E-state index contributed by atoms with van der Waals surface area (Å²) >= 11 is -2.68. The quantitative estimate of drug-likeness (QED) is 0.757. The summed E-state index contributed by atoms with van der Waals surface area (Å²) in [5, 5.41) is 8.60. The molecule has 1 rings (SSSR count). The van der Waals surface area contributed by atoms with E-state index >= 15 is 0 Å². The van der Waals surface area contributed by atoms with Crippen molar-refractivity contribution >= 4 is 17.2 Å². The molecule has 1 saturated heterocycles. The molecule has 0 amide bonds. The number of alkyl halides is 2. The van der Waals surface area contributed by atoms with Crippen LogP contribution in [0.5, 0.6) is 0 Å². The van der Waals surface area contributed by atoms with E-state index in [2.05, 4.69) is 6.58 Å². The number of halogens is 2. The molecule has 1 aliphatic rings. The third-order valence-electron chi connectivity index (χ3n) is 3.48. The molecule has 0 aliphatic carbocycles. The van der Waals surface area contributed by atoms with E-state index in [0.29, 0.717) is 0 Å². The highest BCUT2D eigenvalue weighted by Crippen LogP contribution is 2.45. The lowest BCUT2D eigenvalue weighted by molar-refractivity contribution is -0.137. The van der Waals surface area contributed by atoms with Crippen LogP contribution >= 0.6 is 0 Å². The normalized spacial score (nSPS) is 26.2. The highest BCUT2D eigenvalue weighted by molar-refractivity contribution is 7.76. The second-order valence-electron chi connectivity index (χ2n) is 4.87. The molecular weight excluding hydrogens is 316 g/mol. The Morgan fingerprint density at radius 2 is 2.27 bits per heavy atom. The van der Waals surface area contributed by atoms with Crippen molar-refractivity contribution in [1.82, 2.24) is 4.31 Å². The second-order valence-corrected chi connectivity index (χ2v) is 5.75. The van der Waals surface area contributed by atoms with Crippen LogP contribution in [0.1, 0.15) is 26.2 Å². The highest BCUT2D eigenvalue weighted by Gasteiger charge is 2.49. The van der Waals surface area contributed by atoms with Gasteiger partial charge in [-0.05, 0) is 19.8 Å². The fraction of sp³-hybridized carbons (Fsp3) is 0.500. The van der Waals surface area contributed by atoms with Crippen LogP contribution < -0.4 is 0 Å². The largest absolute Gasteiger partial charge is 0.755 e. The maximum Gasteiger partial charge on any atom is 0.303 e. The van der Waals surface area contributed by atoms with Crippen molar-refractivity contribution < 1.29 is 27.4 Å². The Labute approximate surface area is 130 Å². The lowest BCUT2D eigenvalue weighted by Gasteiger charge is -2.43. The first-order valence-electron chi connectivity index (χ1n) is 6.72. The van der Waals surface area contributed by atoms with Crippen LogP contribution in [0.2, 0.25) is 0 Å². The number of carboxylic acids is 1. The standard InChI is InChI=1S/C14H19F2NO4S/c1-3-6-11-12(4-2)17(22(20)21)9-10(14(11,15)16)7-5-8-13(18)19/h3-4,6,10H,1,5,7-9H2,2H3,(H,18,19)(H,20,21)/p-1/b11-6?,12-4+/t10-/m0/s1. The molecule has 1 N–H and O–H groups in total. The van der Waals surface area contributed by atoms with Gasteiger partial charge in [0.1, 0.15) is 0 Å². The maximum absolute atomic E-state index is 14.6. The number of allylic oxidation sites excluding steroid dienone is 4. The number of rotatable bonds is 6. The second kappa shape index (κ2) is 7.64. The van der Waals surface area contributed by atoms with Gasteiger partial charge in [-0.3, -0.25) is 9.00 Å². The fourth-order valence-electron chi connectivity index (χ4n) is 2.47. The van der Waals surface area contributed by atoms with Gasteiger partial charge in [0, 0.05) is 35.7 Å². The minimum Gasteiger partial charge on any atom is -0.755 e. The zero-order chi connectivity index (χ0) is 16.9. The predicted octanol–water partition coefficient (Wildman–Crippen LogP) is 2.62. The minimum atomic E-state index is -3.25. The lowest BCUT2D eigenvalue weighted by Crippen LogP contribution is -2.48. The maximum atomic E-state index is 14.6. The van der Waals surface area contributed by atoms with E-state index in [0.717, 1.165) is 10.4 Å². The third-order valence-corrected chi connectivity index (χ3v) is 4.19. The zero-order valence-corrected chi connectivity index (χ0v) is 12.9. The Hall–Kier alpha value is -1.54. The van der Waals surface area contributed by atoms with Gasteiger partial charge in [0.25, 0.3) is 5.92 Å². The van der Waals surface area contributed by atoms with Crippen LogP contribution in [-0.4, -0.2) is 36.6 Å². The highest BCUT2D eigenvalue weighted by atomic mass is 32.2. The Morgan fingerprint density at radius 3 is 2.73 bits per heavy atom. The number of hydrogen-bond donors (Lipinski definition) is 1. The predicted molar refractivity (Wildman–Crippen MR) is 77.6 cm³/mol. The number of carboxylic acid groups (broad SMARTS) is 1. The van der Waals surface area contributed by atoms with Gasteiger partial charge >= 0.3 is 5.97 Å². The smallest absolute Gasteiger partial charge is 0.303 e. The molecule has 124 valence electrons. The van der Waals surface area contributed by atoms with Gasteiger partial charge < -0.3 is 14.0 Å². The van der Waals surface area contributed by atoms with Crippen LogP contribution in [0, 0.1) is 5.92 Å². The number of aliphatic carboxylic acids is 1. The summed E-state index contributed by atoms with van der Waals surface area (Å²) in [6.45, 7) is 4.48. The molecule has 0 radical (unpaired) electrons. The van der Waals surface area contributed by atoms with Crippen molar-refractivity contribution in [2.24, 2.45) is 5.92 Å². The summed E-state index contributed by atoms with van der Waals surface area (Å²) < 4.78 is 52.7. The van der Waals surface area contributed by atoms with Crippen LogP contribution in [0.3, 0.4) is 0 Å². The molecule has 1 fully saturated rings. The van der Waals surface area contributed by atoms with E-state index in [9.17, 15) is 22.3 Å². The SMILES string of the molecule is C=CC=C1/C(=C\C)N(S(=O)[O-])C[C@H](CCCC(=O)O)C1(F)F. The topological polar surface area (TPSA) is 80.7 Å². The fourth-order valence-corrected chi connectivity index (χ4v) is 3.13. The first-order chi connectivity index (χ1) is 10.3. The first kappa shape index (κ1) is 18.5. The van der Waals surface area contributed by atoms with Gasteiger partial charge in [-0.2, -0.15) is 0 Å². The van der Waals surface area contributed by atoms with Crippen LogP contribution in [-0.2, 0) is 16.1 Å². The molecule has 5 nitrogen and oxygen atoms in total. The van der Waals surface area contributed by atoms with Gasteiger partial charge in [-0.1, -0.05) is 24.8 Å². The summed E-state index contributed by atoms with van der Waals surface area (Å²) in [5.41, 5.74) is -0.492. The molecule has 0 aromatic rings. The number of piperidine rings is 1. The summed E-state index contributed by atoms with van der Waals surface area (Å²) in [6, 6.07) is 0. The molecular formula is C14H18F2NO4S-. The Morgan fingerprint density at radius 1 is 1.64 bits per heavy atom. The molecule has 0 bridgehead atoms. The van der Waals surface area contributed by atoms with Crippen molar-refractivity contribution in [3.05, 3.63) is 36.1 Å². The molecule has 1 aliphatic heterocycles. The van der Waals surface area contributed by atoms with Crippen molar-refractivity contribution in [2.75, 3.05) is 6.54 Å². The monoisotopic (exact) mass is 334 g/mol. The summed E-state index contributed by atoms with van der Waals surface area (Å²) in [4.78, 5) is 10.5. The van der Waals surface area contributed by atoms with E-state index in [-0.39, 0.29) is 31.5 Å². The van der Waals surface area contributed by atoms with E-state index in [1.807, 2.05) is 0 Å². The van der Waals surface area contributed by atoms with Crippen molar-refractivity contribution in [3.63, 3.8) is 0 Å². The van der Waals surface area contributed by atoms with Gasteiger partial charge in [0.05, 0.1) is 5.70 Å². The average molecular weight is 334 g/mol. The van der Waals surface area contributed by atoms with E-state index in [4.69, 9.17) is 5.11 Å². The van der Waals surface area contributed by atoms with Crippen LogP contribution in [0.15, 0.2) is 36.1 Å². The van der Waals surface area contributed by atoms with Gasteiger partial charge in [-0.15, -0.1) is 0 Å². The molecule has 0 aromatic carbocycles. The van der Waals surface area contributed by atoms with Gasteiger partial charge in [0.15, 0.2) is 0 Å². The average Bonchev–Trinajstić information content (AvgIpc) is 2.42. The van der Waals surface area contributed by atoms with Crippen LogP contribution in [0.25, 0.3) is 0 Å². The number of carbonyl (C=O) groups is 1. The first-order valence-corrected chi connectivity index (χ1v) is 7.75. The van der Waals surface area contributed by atoms with E-state index in [1.54, 1.807) is 0 Å². The van der Waals surface area contributed by atoms with Crippen molar-refractivity contribution in [3.8, 4) is 0 Å². The van der Waals surface area contributed by atoms with Crippen molar-refractivity contribution in [2.45, 2.75) is 32.1 Å². The Balaban J connectivity index is 3.13. The Bertz CT molecular complexity index is 531.